The zero-order valence-corrected chi connectivity index (χ0v) is 18.9. The van der Waals surface area contributed by atoms with Gasteiger partial charge in [-0.15, -0.1) is 17.9 Å². The molecule has 0 unspecified atom stereocenters. The lowest BCUT2D eigenvalue weighted by molar-refractivity contribution is -0.136. The Morgan fingerprint density at radius 1 is 1.25 bits per heavy atom. The SMILES string of the molecule is C=CCCC(=O)N1CCC([C@]2(c3ccccn3)NC(=O)N(CCc3cccs3)C2=O)CC1. The van der Waals surface area contributed by atoms with E-state index in [2.05, 4.69) is 16.9 Å². The third kappa shape index (κ3) is 4.19. The molecule has 0 radical (unpaired) electrons. The maximum absolute atomic E-state index is 13.8. The van der Waals surface area contributed by atoms with Crippen molar-refractivity contribution in [2.24, 2.45) is 5.92 Å². The van der Waals surface area contributed by atoms with Crippen molar-refractivity contribution in [3.05, 3.63) is 65.1 Å². The van der Waals surface area contributed by atoms with Crippen LogP contribution in [0.15, 0.2) is 54.6 Å². The number of amides is 4. The first kappa shape index (κ1) is 22.2. The second-order valence-electron chi connectivity index (χ2n) is 8.22. The maximum Gasteiger partial charge on any atom is 0.325 e. The molecule has 7 nitrogen and oxygen atoms in total. The molecule has 2 aromatic rings. The molecule has 1 atom stereocenters. The Bertz CT molecular complexity index is 970. The van der Waals surface area contributed by atoms with Crippen molar-refractivity contribution in [3.63, 3.8) is 0 Å². The summed E-state index contributed by atoms with van der Waals surface area (Å²) in [5.41, 5.74) is -0.627. The normalized spacial score (nSPS) is 21.6. The van der Waals surface area contributed by atoms with Gasteiger partial charge in [-0.3, -0.25) is 19.5 Å². The molecule has 168 valence electrons. The third-order valence-electron chi connectivity index (χ3n) is 6.38. The van der Waals surface area contributed by atoms with E-state index in [0.29, 0.717) is 57.4 Å². The summed E-state index contributed by atoms with van der Waals surface area (Å²) < 4.78 is 0. The lowest BCUT2D eigenvalue weighted by Gasteiger charge is -2.40. The molecule has 2 aromatic heterocycles. The van der Waals surface area contributed by atoms with Crippen molar-refractivity contribution in [3.8, 4) is 0 Å². The van der Waals surface area contributed by atoms with Crippen molar-refractivity contribution < 1.29 is 14.4 Å². The van der Waals surface area contributed by atoms with Crippen LogP contribution in [0, 0.1) is 5.92 Å². The number of nitrogens with one attached hydrogen (secondary N) is 1. The Kier molecular flexibility index (Phi) is 6.69. The van der Waals surface area contributed by atoms with E-state index in [9.17, 15) is 14.4 Å². The maximum atomic E-state index is 13.8. The number of hydrogen-bond donors (Lipinski definition) is 1. The lowest BCUT2D eigenvalue weighted by Crippen LogP contribution is -2.54. The Morgan fingerprint density at radius 3 is 2.72 bits per heavy atom. The molecule has 4 rings (SSSR count). The Labute approximate surface area is 192 Å². The van der Waals surface area contributed by atoms with Gasteiger partial charge in [0.05, 0.1) is 5.69 Å². The van der Waals surface area contributed by atoms with Crippen LogP contribution < -0.4 is 5.32 Å². The fourth-order valence-electron chi connectivity index (χ4n) is 4.68. The standard InChI is InChI=1S/C24H28N4O3S/c1-2-3-9-21(29)27-14-10-18(11-15-27)24(20-8-4-5-13-25-20)22(30)28(23(31)26-24)16-12-19-7-6-17-32-19/h2,4-8,13,17-18H,1,3,9-12,14-16H2,(H,26,31)/t24-/m1/s1. The van der Waals surface area contributed by atoms with Gasteiger partial charge in [0.1, 0.15) is 0 Å². The number of carbonyl (C=O) groups excluding carboxylic acids is 3. The topological polar surface area (TPSA) is 82.6 Å². The van der Waals surface area contributed by atoms with E-state index < -0.39 is 5.54 Å². The van der Waals surface area contributed by atoms with E-state index in [1.54, 1.807) is 29.7 Å². The van der Waals surface area contributed by atoms with Crippen LogP contribution in [0.4, 0.5) is 4.79 Å². The molecule has 2 aliphatic rings. The van der Waals surface area contributed by atoms with Gasteiger partial charge < -0.3 is 10.2 Å². The molecule has 2 saturated heterocycles. The summed E-state index contributed by atoms with van der Waals surface area (Å²) in [5, 5.41) is 5.01. The first-order chi connectivity index (χ1) is 15.6. The molecule has 1 N–H and O–H groups in total. The smallest absolute Gasteiger partial charge is 0.325 e. The number of hydrogen-bond acceptors (Lipinski definition) is 5. The summed E-state index contributed by atoms with van der Waals surface area (Å²) in [4.78, 5) is 47.9. The number of likely N-dealkylation sites (tertiary alicyclic amines) is 1. The molecule has 0 aromatic carbocycles. The number of nitrogens with zero attached hydrogens (tertiary/aromatic N) is 3. The molecule has 0 aliphatic carbocycles. The van der Waals surface area contributed by atoms with Gasteiger partial charge in [-0.05, 0) is 49.3 Å². The van der Waals surface area contributed by atoms with Crippen LogP contribution in [0.1, 0.15) is 36.3 Å². The number of aromatic nitrogens is 1. The number of carbonyl (C=O) groups is 3. The summed E-state index contributed by atoms with van der Waals surface area (Å²) in [6.45, 7) is 5.14. The van der Waals surface area contributed by atoms with Gasteiger partial charge in [-0.2, -0.15) is 0 Å². The summed E-state index contributed by atoms with van der Waals surface area (Å²) in [6, 6.07) is 9.05. The van der Waals surface area contributed by atoms with Gasteiger partial charge in [0.25, 0.3) is 5.91 Å². The number of piperidine rings is 1. The van der Waals surface area contributed by atoms with E-state index in [1.807, 2.05) is 34.5 Å². The zero-order valence-electron chi connectivity index (χ0n) is 18.0. The highest BCUT2D eigenvalue weighted by Crippen LogP contribution is 2.40. The van der Waals surface area contributed by atoms with Gasteiger partial charge in [0, 0.05) is 43.0 Å². The summed E-state index contributed by atoms with van der Waals surface area (Å²) >= 11 is 1.62. The van der Waals surface area contributed by atoms with Gasteiger partial charge in [0.2, 0.25) is 5.91 Å². The van der Waals surface area contributed by atoms with Gasteiger partial charge in [-0.1, -0.05) is 18.2 Å². The Balaban J connectivity index is 1.55. The fraction of sp³-hybridized carbons (Fsp3) is 0.417. The Hall–Kier alpha value is -3.00. The highest BCUT2D eigenvalue weighted by Gasteiger charge is 2.58. The number of thiophene rings is 1. The van der Waals surface area contributed by atoms with Crippen LogP contribution >= 0.6 is 11.3 Å². The third-order valence-corrected chi connectivity index (χ3v) is 7.32. The largest absolute Gasteiger partial charge is 0.343 e. The quantitative estimate of drug-likeness (QED) is 0.492. The van der Waals surface area contributed by atoms with Crippen molar-refractivity contribution in [1.82, 2.24) is 20.1 Å². The van der Waals surface area contributed by atoms with Crippen molar-refractivity contribution in [2.75, 3.05) is 19.6 Å². The summed E-state index contributed by atoms with van der Waals surface area (Å²) in [7, 11) is 0. The molecule has 0 saturated carbocycles. The zero-order chi connectivity index (χ0) is 22.6. The number of pyridine rings is 1. The minimum absolute atomic E-state index is 0.106. The first-order valence-electron chi connectivity index (χ1n) is 11.0. The highest BCUT2D eigenvalue weighted by atomic mass is 32.1. The van der Waals surface area contributed by atoms with Gasteiger partial charge >= 0.3 is 6.03 Å². The van der Waals surface area contributed by atoms with E-state index in [4.69, 9.17) is 0 Å². The monoisotopic (exact) mass is 452 g/mol. The fourth-order valence-corrected chi connectivity index (χ4v) is 5.37. The second-order valence-corrected chi connectivity index (χ2v) is 9.25. The Morgan fingerprint density at radius 2 is 2.06 bits per heavy atom. The molecular weight excluding hydrogens is 424 g/mol. The van der Waals surface area contributed by atoms with Crippen molar-refractivity contribution in [1.29, 1.82) is 0 Å². The molecular formula is C24H28N4O3S. The van der Waals surface area contributed by atoms with E-state index in [0.717, 1.165) is 4.88 Å². The first-order valence-corrected chi connectivity index (χ1v) is 11.9. The summed E-state index contributed by atoms with van der Waals surface area (Å²) in [5.74, 6) is -0.271. The predicted octanol–water partition coefficient (Wildman–Crippen LogP) is 3.34. The van der Waals surface area contributed by atoms with E-state index in [-0.39, 0.29) is 23.8 Å². The average molecular weight is 453 g/mol. The van der Waals surface area contributed by atoms with E-state index >= 15 is 0 Å². The minimum Gasteiger partial charge on any atom is -0.343 e. The molecule has 0 spiro atoms. The van der Waals surface area contributed by atoms with Crippen LogP contribution in [0.5, 0.6) is 0 Å². The molecule has 32 heavy (non-hydrogen) atoms. The molecule has 4 amide bonds. The minimum atomic E-state index is -1.19. The molecule has 2 fully saturated rings. The lowest BCUT2D eigenvalue weighted by atomic mass is 9.75. The number of rotatable bonds is 8. The molecule has 4 heterocycles. The van der Waals surface area contributed by atoms with Crippen LogP contribution in [0.3, 0.4) is 0 Å². The van der Waals surface area contributed by atoms with Crippen molar-refractivity contribution in [2.45, 2.75) is 37.6 Å². The highest BCUT2D eigenvalue weighted by molar-refractivity contribution is 7.09. The summed E-state index contributed by atoms with van der Waals surface area (Å²) in [6.07, 6.45) is 6.39. The van der Waals surface area contributed by atoms with Gasteiger partial charge in [-0.25, -0.2) is 4.79 Å². The molecule has 0 bridgehead atoms. The predicted molar refractivity (Wildman–Crippen MR) is 123 cm³/mol. The van der Waals surface area contributed by atoms with Crippen molar-refractivity contribution >= 4 is 29.2 Å². The molecule has 8 heteroatoms. The molecule has 2 aliphatic heterocycles. The number of imide groups is 1. The number of allylic oxidation sites excluding steroid dienone is 1. The second kappa shape index (κ2) is 9.65. The van der Waals surface area contributed by atoms with Gasteiger partial charge in [0.15, 0.2) is 5.54 Å². The van der Waals surface area contributed by atoms with Crippen LogP contribution in [0.25, 0.3) is 0 Å². The van der Waals surface area contributed by atoms with E-state index in [1.165, 1.54) is 4.90 Å². The van der Waals surface area contributed by atoms with Crippen LogP contribution in [-0.4, -0.2) is 52.3 Å². The number of urea groups is 1. The van der Waals surface area contributed by atoms with Crippen LogP contribution in [-0.2, 0) is 21.5 Å². The van der Waals surface area contributed by atoms with Crippen LogP contribution in [0.2, 0.25) is 0 Å². The average Bonchev–Trinajstić information content (AvgIpc) is 3.43.